The van der Waals surface area contributed by atoms with Gasteiger partial charge in [-0.1, -0.05) is 44.7 Å². The predicted molar refractivity (Wildman–Crippen MR) is 83.2 cm³/mol. The zero-order valence-corrected chi connectivity index (χ0v) is 12.8. The van der Waals surface area contributed by atoms with E-state index in [2.05, 4.69) is 43.6 Å². The Morgan fingerprint density at radius 1 is 1.32 bits per heavy atom. The Bertz CT molecular complexity index is 383. The van der Waals surface area contributed by atoms with Crippen LogP contribution in [0.2, 0.25) is 0 Å². The Labute approximate surface area is 121 Å². The summed E-state index contributed by atoms with van der Waals surface area (Å²) in [6.07, 6.45) is 6.79. The van der Waals surface area contributed by atoms with Crippen LogP contribution in [0.15, 0.2) is 29.2 Å². The summed E-state index contributed by atoms with van der Waals surface area (Å²) in [6, 6.07) is 8.83. The third-order valence-corrected chi connectivity index (χ3v) is 4.86. The molecule has 0 saturated carbocycles. The van der Waals surface area contributed by atoms with Crippen LogP contribution < -0.4 is 10.1 Å². The van der Waals surface area contributed by atoms with E-state index in [1.165, 1.54) is 37.0 Å². The molecule has 1 aromatic carbocycles. The van der Waals surface area contributed by atoms with E-state index in [1.54, 1.807) is 0 Å². The van der Waals surface area contributed by atoms with Crippen molar-refractivity contribution in [2.45, 2.75) is 56.1 Å². The first-order valence-corrected chi connectivity index (χ1v) is 8.39. The molecule has 0 bridgehead atoms. The van der Waals surface area contributed by atoms with Gasteiger partial charge in [-0.2, -0.15) is 0 Å². The van der Waals surface area contributed by atoms with E-state index in [0.29, 0.717) is 12.1 Å². The summed E-state index contributed by atoms with van der Waals surface area (Å²) in [7, 11) is 2.05. The average Bonchev–Trinajstić information content (AvgIpc) is 2.47. The summed E-state index contributed by atoms with van der Waals surface area (Å²) in [5, 5.41) is 3.44. The lowest BCUT2D eigenvalue weighted by atomic mass is 10.0. The number of benzene rings is 1. The number of para-hydroxylation sites is 1. The molecule has 0 aromatic heterocycles. The van der Waals surface area contributed by atoms with Gasteiger partial charge in [0.2, 0.25) is 0 Å². The highest BCUT2D eigenvalue weighted by Crippen LogP contribution is 2.36. The topological polar surface area (TPSA) is 21.3 Å². The SMILES string of the molecule is CCCCCCC(NC)C1CSc2ccccc2O1. The largest absolute Gasteiger partial charge is 0.487 e. The van der Waals surface area contributed by atoms with Crippen molar-refractivity contribution in [1.82, 2.24) is 5.32 Å². The third kappa shape index (κ3) is 4.15. The van der Waals surface area contributed by atoms with Gasteiger partial charge in [0.15, 0.2) is 0 Å². The second kappa shape index (κ2) is 7.81. The van der Waals surface area contributed by atoms with Gasteiger partial charge in [0.1, 0.15) is 11.9 Å². The zero-order chi connectivity index (χ0) is 13.5. The quantitative estimate of drug-likeness (QED) is 0.759. The molecule has 0 radical (unpaired) electrons. The molecule has 1 heterocycles. The average molecular weight is 279 g/mol. The smallest absolute Gasteiger partial charge is 0.133 e. The van der Waals surface area contributed by atoms with Crippen molar-refractivity contribution in [3.8, 4) is 5.75 Å². The lowest BCUT2D eigenvalue weighted by Crippen LogP contribution is -2.44. The number of nitrogens with one attached hydrogen (secondary N) is 1. The molecule has 3 heteroatoms. The number of hydrogen-bond donors (Lipinski definition) is 1. The number of likely N-dealkylation sites (N-methyl/N-ethyl adjacent to an activating group) is 1. The number of thioether (sulfide) groups is 1. The fraction of sp³-hybridized carbons (Fsp3) is 0.625. The monoisotopic (exact) mass is 279 g/mol. The second-order valence-corrected chi connectivity index (χ2v) is 6.22. The highest BCUT2D eigenvalue weighted by molar-refractivity contribution is 7.99. The summed E-state index contributed by atoms with van der Waals surface area (Å²) in [4.78, 5) is 1.28. The van der Waals surface area contributed by atoms with Crippen LogP contribution in [0.1, 0.15) is 39.0 Å². The Morgan fingerprint density at radius 2 is 2.16 bits per heavy atom. The van der Waals surface area contributed by atoms with Crippen LogP contribution in [-0.2, 0) is 0 Å². The van der Waals surface area contributed by atoms with E-state index in [4.69, 9.17) is 4.74 Å². The first-order valence-electron chi connectivity index (χ1n) is 7.41. The number of fused-ring (bicyclic) bond motifs is 1. The third-order valence-electron chi connectivity index (χ3n) is 3.72. The predicted octanol–water partition coefficient (Wildman–Crippen LogP) is 4.10. The van der Waals surface area contributed by atoms with Crippen LogP contribution in [0.4, 0.5) is 0 Å². The Morgan fingerprint density at radius 3 is 2.95 bits per heavy atom. The van der Waals surface area contributed by atoms with Crippen LogP contribution >= 0.6 is 11.8 Å². The van der Waals surface area contributed by atoms with Gasteiger partial charge < -0.3 is 10.1 Å². The maximum Gasteiger partial charge on any atom is 0.133 e. The molecule has 0 aliphatic carbocycles. The number of ether oxygens (including phenoxy) is 1. The molecule has 2 atom stereocenters. The molecule has 0 saturated heterocycles. The van der Waals surface area contributed by atoms with Gasteiger partial charge in [-0.25, -0.2) is 0 Å². The highest BCUT2D eigenvalue weighted by Gasteiger charge is 2.26. The Balaban J connectivity index is 1.87. The fourth-order valence-corrected chi connectivity index (χ4v) is 3.62. The molecule has 1 N–H and O–H groups in total. The lowest BCUT2D eigenvalue weighted by molar-refractivity contribution is 0.163. The van der Waals surface area contributed by atoms with E-state index in [0.717, 1.165) is 11.5 Å². The second-order valence-electron chi connectivity index (χ2n) is 5.16. The van der Waals surface area contributed by atoms with Gasteiger partial charge >= 0.3 is 0 Å². The molecule has 19 heavy (non-hydrogen) atoms. The van der Waals surface area contributed by atoms with E-state index >= 15 is 0 Å². The highest BCUT2D eigenvalue weighted by atomic mass is 32.2. The molecular weight excluding hydrogens is 254 g/mol. The first-order chi connectivity index (χ1) is 9.35. The molecule has 0 amide bonds. The van der Waals surface area contributed by atoms with Crippen LogP contribution in [0, 0.1) is 0 Å². The molecule has 1 aliphatic rings. The van der Waals surface area contributed by atoms with E-state index < -0.39 is 0 Å². The maximum absolute atomic E-state index is 6.16. The van der Waals surface area contributed by atoms with Gasteiger partial charge in [0.05, 0.1) is 0 Å². The molecule has 0 fully saturated rings. The number of hydrogen-bond acceptors (Lipinski definition) is 3. The normalized spacial score (nSPS) is 19.6. The first kappa shape index (κ1) is 14.7. The van der Waals surface area contributed by atoms with Crippen LogP contribution in [0.5, 0.6) is 5.75 Å². The van der Waals surface area contributed by atoms with Crippen molar-refractivity contribution < 1.29 is 4.74 Å². The van der Waals surface area contributed by atoms with E-state index in [9.17, 15) is 0 Å². The summed E-state index contributed by atoms with van der Waals surface area (Å²) in [6.45, 7) is 2.26. The minimum absolute atomic E-state index is 0.298. The maximum atomic E-state index is 6.16. The Kier molecular flexibility index (Phi) is 6.05. The van der Waals surface area contributed by atoms with Crippen molar-refractivity contribution >= 4 is 11.8 Å². The molecule has 1 aromatic rings. The van der Waals surface area contributed by atoms with Crippen LogP contribution in [-0.4, -0.2) is 24.9 Å². The number of unbranched alkanes of at least 4 members (excludes halogenated alkanes) is 3. The summed E-state index contributed by atoms with van der Waals surface area (Å²) in [5.41, 5.74) is 0. The van der Waals surface area contributed by atoms with Crippen molar-refractivity contribution in [2.24, 2.45) is 0 Å². The molecule has 106 valence electrons. The number of rotatable bonds is 7. The fourth-order valence-electron chi connectivity index (χ4n) is 2.54. The molecule has 2 rings (SSSR count). The Hall–Kier alpha value is -0.670. The molecular formula is C16H25NOS. The van der Waals surface area contributed by atoms with Crippen LogP contribution in [0.3, 0.4) is 0 Å². The van der Waals surface area contributed by atoms with Gasteiger partial charge in [-0.15, -0.1) is 11.8 Å². The van der Waals surface area contributed by atoms with E-state index in [1.807, 2.05) is 11.8 Å². The van der Waals surface area contributed by atoms with Gasteiger partial charge in [-0.05, 0) is 25.6 Å². The zero-order valence-electron chi connectivity index (χ0n) is 12.0. The minimum Gasteiger partial charge on any atom is -0.487 e. The van der Waals surface area contributed by atoms with Crippen molar-refractivity contribution in [1.29, 1.82) is 0 Å². The molecule has 2 nitrogen and oxygen atoms in total. The summed E-state index contributed by atoms with van der Waals surface area (Å²) >= 11 is 1.92. The van der Waals surface area contributed by atoms with Crippen molar-refractivity contribution in [3.63, 3.8) is 0 Å². The van der Waals surface area contributed by atoms with Gasteiger partial charge in [-0.3, -0.25) is 0 Å². The summed E-state index contributed by atoms with van der Waals surface area (Å²) < 4.78 is 6.16. The van der Waals surface area contributed by atoms with Gasteiger partial charge in [0, 0.05) is 16.7 Å². The van der Waals surface area contributed by atoms with E-state index in [-0.39, 0.29) is 0 Å². The van der Waals surface area contributed by atoms with Crippen molar-refractivity contribution in [2.75, 3.05) is 12.8 Å². The summed E-state index contributed by atoms with van der Waals surface area (Å²) in [5.74, 6) is 2.11. The molecule has 1 aliphatic heterocycles. The van der Waals surface area contributed by atoms with Crippen LogP contribution in [0.25, 0.3) is 0 Å². The van der Waals surface area contributed by atoms with Crippen molar-refractivity contribution in [3.05, 3.63) is 24.3 Å². The standard InChI is InChI=1S/C16H25NOS/c1-3-4-5-6-9-13(17-2)15-12-19-16-11-8-7-10-14(16)18-15/h7-8,10-11,13,15,17H,3-6,9,12H2,1-2H3. The van der Waals surface area contributed by atoms with Gasteiger partial charge in [0.25, 0.3) is 0 Å². The molecule has 0 spiro atoms. The lowest BCUT2D eigenvalue weighted by Gasteiger charge is -2.31. The minimum atomic E-state index is 0.298. The molecule has 2 unspecified atom stereocenters.